The van der Waals surface area contributed by atoms with Gasteiger partial charge in [0.25, 0.3) is 0 Å². The first kappa shape index (κ1) is 15.4. The summed E-state index contributed by atoms with van der Waals surface area (Å²) >= 11 is 0. The molecule has 0 bridgehead atoms. The minimum atomic E-state index is -0.101. The van der Waals surface area contributed by atoms with Crippen LogP contribution in [0.25, 0.3) is 0 Å². The van der Waals surface area contributed by atoms with Crippen LogP contribution < -0.4 is 0 Å². The van der Waals surface area contributed by atoms with E-state index in [-0.39, 0.29) is 11.9 Å². The highest BCUT2D eigenvalue weighted by Crippen LogP contribution is 2.14. The van der Waals surface area contributed by atoms with Crippen molar-refractivity contribution in [2.24, 2.45) is 11.8 Å². The molecular weight excluding hydrogens is 204 g/mol. The molecule has 0 heterocycles. The predicted octanol–water partition coefficient (Wildman–Crippen LogP) is 3.03. The number of rotatable bonds is 9. The van der Waals surface area contributed by atoms with Gasteiger partial charge in [-0.25, -0.2) is 0 Å². The van der Waals surface area contributed by atoms with Gasteiger partial charge in [-0.1, -0.05) is 27.2 Å². The Morgan fingerprint density at radius 3 is 2.44 bits per heavy atom. The molecule has 0 N–H and O–H groups in total. The van der Waals surface area contributed by atoms with Gasteiger partial charge >= 0.3 is 5.97 Å². The Kier molecular flexibility index (Phi) is 9.30. The molecule has 3 nitrogen and oxygen atoms in total. The van der Waals surface area contributed by atoms with Crippen molar-refractivity contribution in [3.8, 4) is 0 Å². The molecule has 0 saturated heterocycles. The van der Waals surface area contributed by atoms with Crippen LogP contribution in [0.2, 0.25) is 0 Å². The lowest BCUT2D eigenvalue weighted by atomic mass is 9.98. The van der Waals surface area contributed by atoms with Gasteiger partial charge in [-0.2, -0.15) is 0 Å². The number of esters is 1. The number of hydrogen-bond acceptors (Lipinski definition) is 3. The van der Waals surface area contributed by atoms with E-state index in [4.69, 9.17) is 9.47 Å². The highest BCUT2D eigenvalue weighted by Gasteiger charge is 2.21. The van der Waals surface area contributed by atoms with Gasteiger partial charge in [0.15, 0.2) is 0 Å². The molecule has 0 aromatic carbocycles. The van der Waals surface area contributed by atoms with E-state index in [9.17, 15) is 4.79 Å². The molecule has 0 amide bonds. The fraction of sp³-hybridized carbons (Fsp3) is 0.923. The molecule has 3 heteroatoms. The maximum Gasteiger partial charge on any atom is 0.311 e. The average molecular weight is 230 g/mol. The molecular formula is C13H26O3. The van der Waals surface area contributed by atoms with Crippen molar-refractivity contribution >= 4 is 5.97 Å². The third kappa shape index (κ3) is 7.69. The first-order valence-corrected chi connectivity index (χ1v) is 6.36. The quantitative estimate of drug-likeness (QED) is 0.451. The summed E-state index contributed by atoms with van der Waals surface area (Å²) in [4.78, 5) is 11.8. The zero-order valence-corrected chi connectivity index (χ0v) is 11.1. The highest BCUT2D eigenvalue weighted by atomic mass is 16.5. The smallest absolute Gasteiger partial charge is 0.311 e. The zero-order valence-electron chi connectivity index (χ0n) is 11.1. The first-order chi connectivity index (χ1) is 7.61. The summed E-state index contributed by atoms with van der Waals surface area (Å²) in [6, 6.07) is 0. The number of carbonyl (C=O) groups excluding carboxylic acids is 1. The Morgan fingerprint density at radius 1 is 1.25 bits per heavy atom. The van der Waals surface area contributed by atoms with Gasteiger partial charge in [0.1, 0.15) is 0 Å². The lowest BCUT2D eigenvalue weighted by molar-refractivity contribution is -0.151. The van der Waals surface area contributed by atoms with Crippen molar-refractivity contribution in [1.82, 2.24) is 0 Å². The summed E-state index contributed by atoms with van der Waals surface area (Å²) in [5.74, 6) is 0.289. The summed E-state index contributed by atoms with van der Waals surface area (Å²) < 4.78 is 10.5. The van der Waals surface area contributed by atoms with E-state index in [1.807, 2.05) is 6.92 Å². The van der Waals surface area contributed by atoms with E-state index in [1.54, 1.807) is 0 Å². The molecule has 0 spiro atoms. The predicted molar refractivity (Wildman–Crippen MR) is 65.3 cm³/mol. The third-order valence-electron chi connectivity index (χ3n) is 2.35. The summed E-state index contributed by atoms with van der Waals surface area (Å²) in [7, 11) is 0. The van der Waals surface area contributed by atoms with E-state index in [2.05, 4.69) is 20.8 Å². The van der Waals surface area contributed by atoms with Crippen molar-refractivity contribution in [2.45, 2.75) is 47.0 Å². The van der Waals surface area contributed by atoms with Crippen LogP contribution >= 0.6 is 0 Å². The number of carbonyl (C=O) groups is 1. The molecule has 1 unspecified atom stereocenters. The van der Waals surface area contributed by atoms with Crippen LogP contribution in [-0.4, -0.2) is 25.8 Å². The molecule has 0 aliphatic heterocycles. The van der Waals surface area contributed by atoms with E-state index < -0.39 is 0 Å². The molecule has 0 radical (unpaired) electrons. The fourth-order valence-corrected chi connectivity index (χ4v) is 1.50. The Balaban J connectivity index is 3.99. The summed E-state index contributed by atoms with van der Waals surface area (Å²) in [6.07, 6.45) is 2.83. The second-order valence-corrected chi connectivity index (χ2v) is 4.51. The second-order valence-electron chi connectivity index (χ2n) is 4.51. The molecule has 1 atom stereocenters. The van der Waals surface area contributed by atoms with Gasteiger partial charge in [-0.3, -0.25) is 4.79 Å². The van der Waals surface area contributed by atoms with E-state index >= 15 is 0 Å². The van der Waals surface area contributed by atoms with Crippen molar-refractivity contribution in [3.63, 3.8) is 0 Å². The van der Waals surface area contributed by atoms with Crippen LogP contribution in [0.1, 0.15) is 47.0 Å². The maximum atomic E-state index is 11.8. The van der Waals surface area contributed by atoms with E-state index in [0.717, 1.165) is 19.3 Å². The van der Waals surface area contributed by atoms with Crippen molar-refractivity contribution in [3.05, 3.63) is 0 Å². The molecule has 0 aromatic rings. The molecule has 0 rings (SSSR count). The van der Waals surface area contributed by atoms with Crippen LogP contribution in [-0.2, 0) is 14.3 Å². The molecule has 0 fully saturated rings. The van der Waals surface area contributed by atoms with Gasteiger partial charge < -0.3 is 9.47 Å². The minimum absolute atomic E-state index is 0.100. The second kappa shape index (κ2) is 9.64. The van der Waals surface area contributed by atoms with Crippen LogP contribution in [0.3, 0.4) is 0 Å². The minimum Gasteiger partial charge on any atom is -0.465 e. The van der Waals surface area contributed by atoms with E-state index in [1.165, 1.54) is 0 Å². The number of hydrogen-bond donors (Lipinski definition) is 0. The number of ether oxygens (including phenoxy) is 2. The molecule has 0 aliphatic carbocycles. The van der Waals surface area contributed by atoms with Crippen molar-refractivity contribution in [1.29, 1.82) is 0 Å². The summed E-state index contributed by atoms with van der Waals surface area (Å²) in [5, 5.41) is 0. The Hall–Kier alpha value is -0.570. The highest BCUT2D eigenvalue weighted by molar-refractivity contribution is 5.72. The van der Waals surface area contributed by atoms with Gasteiger partial charge in [0.05, 0.1) is 19.1 Å². The van der Waals surface area contributed by atoms with E-state index in [0.29, 0.717) is 25.7 Å². The molecule has 0 aromatic heterocycles. The SMILES string of the molecule is CCCCOC(=O)C(COCC)CC(C)C. The number of unbranched alkanes of at least 4 members (excludes halogenated alkanes) is 1. The molecule has 96 valence electrons. The lowest BCUT2D eigenvalue weighted by Crippen LogP contribution is -2.24. The first-order valence-electron chi connectivity index (χ1n) is 6.36. The van der Waals surface area contributed by atoms with Crippen LogP contribution in [0.15, 0.2) is 0 Å². The van der Waals surface area contributed by atoms with Crippen LogP contribution in [0, 0.1) is 11.8 Å². The molecule has 0 aliphatic rings. The standard InChI is InChI=1S/C13H26O3/c1-5-7-8-16-13(14)12(9-11(3)4)10-15-6-2/h11-12H,5-10H2,1-4H3. The average Bonchev–Trinajstić information content (AvgIpc) is 2.23. The normalized spacial score (nSPS) is 12.8. The molecule has 0 saturated carbocycles. The van der Waals surface area contributed by atoms with Crippen molar-refractivity contribution < 1.29 is 14.3 Å². The fourth-order valence-electron chi connectivity index (χ4n) is 1.50. The Bertz CT molecular complexity index is 178. The van der Waals surface area contributed by atoms with Crippen LogP contribution in [0.4, 0.5) is 0 Å². The Morgan fingerprint density at radius 2 is 1.94 bits per heavy atom. The largest absolute Gasteiger partial charge is 0.465 e. The maximum absolute atomic E-state index is 11.8. The van der Waals surface area contributed by atoms with Crippen LogP contribution in [0.5, 0.6) is 0 Å². The van der Waals surface area contributed by atoms with Gasteiger partial charge in [-0.05, 0) is 25.7 Å². The van der Waals surface area contributed by atoms with Gasteiger partial charge in [0, 0.05) is 6.61 Å². The summed E-state index contributed by atoms with van der Waals surface area (Å²) in [5.41, 5.74) is 0. The summed E-state index contributed by atoms with van der Waals surface area (Å²) in [6.45, 7) is 9.91. The Labute approximate surface area is 99.5 Å². The van der Waals surface area contributed by atoms with Gasteiger partial charge in [0.2, 0.25) is 0 Å². The lowest BCUT2D eigenvalue weighted by Gasteiger charge is -2.17. The molecule has 16 heavy (non-hydrogen) atoms. The third-order valence-corrected chi connectivity index (χ3v) is 2.35. The van der Waals surface area contributed by atoms with Gasteiger partial charge in [-0.15, -0.1) is 0 Å². The monoisotopic (exact) mass is 230 g/mol. The topological polar surface area (TPSA) is 35.5 Å². The zero-order chi connectivity index (χ0) is 12.4. The van der Waals surface area contributed by atoms with Crippen molar-refractivity contribution in [2.75, 3.05) is 19.8 Å².